The van der Waals surface area contributed by atoms with E-state index >= 15 is 0 Å². The Hall–Kier alpha value is -1.20. The normalized spacial score (nSPS) is 12.6. The van der Waals surface area contributed by atoms with Crippen LogP contribution < -0.4 is 0 Å². The highest BCUT2D eigenvalue weighted by Gasteiger charge is 2.20. The van der Waals surface area contributed by atoms with Crippen LogP contribution in [-0.4, -0.2) is 39.1 Å². The van der Waals surface area contributed by atoms with Crippen LogP contribution in [0.1, 0.15) is 20.8 Å². The number of benzene rings is 1. The van der Waals surface area contributed by atoms with E-state index in [1.54, 1.807) is 0 Å². The van der Waals surface area contributed by atoms with Crippen molar-refractivity contribution in [2.24, 2.45) is 0 Å². The number of H-pyrrole nitrogens is 1. The number of aromatic nitrogens is 2. The van der Waals surface area contributed by atoms with Crippen LogP contribution in [0.2, 0.25) is 5.02 Å². The summed E-state index contributed by atoms with van der Waals surface area (Å²) in [6.07, 6.45) is 0. The van der Waals surface area contributed by atoms with Gasteiger partial charge in [0.15, 0.2) is 5.16 Å². The molecule has 1 N–H and O–H groups in total. The van der Waals surface area contributed by atoms with Crippen LogP contribution in [0.4, 0.5) is 0 Å². The molecule has 0 aliphatic rings. The lowest BCUT2D eigenvalue weighted by Crippen LogP contribution is -2.36. The lowest BCUT2D eigenvalue weighted by atomic mass is 10.3. The Labute approximate surface area is 127 Å². The van der Waals surface area contributed by atoms with Crippen molar-refractivity contribution in [3.05, 3.63) is 23.2 Å². The highest BCUT2D eigenvalue weighted by Crippen LogP contribution is 2.25. The predicted molar refractivity (Wildman–Crippen MR) is 84.4 cm³/mol. The minimum atomic E-state index is -0.161. The standard InChI is InChI=1S/C14H18ClN3OS/c1-4-18(5-2)13(19)9(3)20-14-16-11-7-6-10(15)8-12(11)17-14/h6-9H,4-5H2,1-3H3,(H,16,17). The maximum absolute atomic E-state index is 12.2. The zero-order valence-electron chi connectivity index (χ0n) is 11.8. The van der Waals surface area contributed by atoms with Crippen LogP contribution in [0.5, 0.6) is 0 Å². The quantitative estimate of drug-likeness (QED) is 0.859. The van der Waals surface area contributed by atoms with Gasteiger partial charge in [-0.25, -0.2) is 4.98 Å². The van der Waals surface area contributed by atoms with Gasteiger partial charge in [0.25, 0.3) is 0 Å². The van der Waals surface area contributed by atoms with E-state index in [4.69, 9.17) is 11.6 Å². The summed E-state index contributed by atoms with van der Waals surface area (Å²) in [6, 6.07) is 5.52. The van der Waals surface area contributed by atoms with Crippen LogP contribution in [0, 0.1) is 0 Å². The summed E-state index contributed by atoms with van der Waals surface area (Å²) in [6.45, 7) is 7.35. The fraction of sp³-hybridized carbons (Fsp3) is 0.429. The number of amides is 1. The fourth-order valence-corrected chi connectivity index (χ4v) is 3.10. The van der Waals surface area contributed by atoms with Gasteiger partial charge < -0.3 is 9.88 Å². The molecule has 0 fully saturated rings. The van der Waals surface area contributed by atoms with Gasteiger partial charge in [0.2, 0.25) is 5.91 Å². The number of fused-ring (bicyclic) bond motifs is 1. The molecule has 1 unspecified atom stereocenters. The van der Waals surface area contributed by atoms with Crippen molar-refractivity contribution >= 4 is 40.3 Å². The van der Waals surface area contributed by atoms with Crippen molar-refractivity contribution in [3.63, 3.8) is 0 Å². The van der Waals surface area contributed by atoms with Gasteiger partial charge >= 0.3 is 0 Å². The zero-order chi connectivity index (χ0) is 14.7. The third-order valence-corrected chi connectivity index (χ3v) is 4.34. The number of imidazole rings is 1. The summed E-state index contributed by atoms with van der Waals surface area (Å²) in [7, 11) is 0. The number of nitrogens with zero attached hydrogens (tertiary/aromatic N) is 2. The first-order valence-electron chi connectivity index (χ1n) is 6.65. The minimum Gasteiger partial charge on any atom is -0.342 e. The molecule has 20 heavy (non-hydrogen) atoms. The minimum absolute atomic E-state index is 0.137. The first-order chi connectivity index (χ1) is 9.55. The Bertz CT molecular complexity index is 609. The number of halogens is 1. The smallest absolute Gasteiger partial charge is 0.235 e. The highest BCUT2D eigenvalue weighted by atomic mass is 35.5. The van der Waals surface area contributed by atoms with Gasteiger partial charge in [0.05, 0.1) is 16.3 Å². The first-order valence-corrected chi connectivity index (χ1v) is 7.91. The summed E-state index contributed by atoms with van der Waals surface area (Å²) in [4.78, 5) is 21.7. The number of carbonyl (C=O) groups excluding carboxylic acids is 1. The van der Waals surface area contributed by atoms with Gasteiger partial charge in [-0.3, -0.25) is 4.79 Å². The molecule has 0 aliphatic carbocycles. The largest absolute Gasteiger partial charge is 0.342 e. The molecule has 1 aromatic heterocycles. The Morgan fingerprint density at radius 1 is 1.45 bits per heavy atom. The van der Waals surface area contributed by atoms with Crippen molar-refractivity contribution in [1.82, 2.24) is 14.9 Å². The van der Waals surface area contributed by atoms with Crippen LogP contribution >= 0.6 is 23.4 Å². The molecule has 0 aliphatic heterocycles. The van der Waals surface area contributed by atoms with Crippen molar-refractivity contribution in [2.45, 2.75) is 31.2 Å². The first kappa shape index (κ1) is 15.2. The fourth-order valence-electron chi connectivity index (χ4n) is 2.02. The lowest BCUT2D eigenvalue weighted by Gasteiger charge is -2.21. The number of thioether (sulfide) groups is 1. The maximum atomic E-state index is 12.2. The molecule has 1 aromatic carbocycles. The van der Waals surface area contributed by atoms with E-state index < -0.39 is 0 Å². The number of rotatable bonds is 5. The van der Waals surface area contributed by atoms with E-state index in [1.165, 1.54) is 11.8 Å². The Morgan fingerprint density at radius 2 is 2.15 bits per heavy atom. The van der Waals surface area contributed by atoms with Crippen LogP contribution in [0.15, 0.2) is 23.4 Å². The van der Waals surface area contributed by atoms with Crippen molar-refractivity contribution in [2.75, 3.05) is 13.1 Å². The van der Waals surface area contributed by atoms with Crippen LogP contribution in [0.25, 0.3) is 11.0 Å². The molecule has 1 heterocycles. The average Bonchev–Trinajstić information content (AvgIpc) is 2.81. The molecular weight excluding hydrogens is 294 g/mol. The molecule has 0 spiro atoms. The number of hydrogen-bond acceptors (Lipinski definition) is 3. The number of hydrogen-bond donors (Lipinski definition) is 1. The molecule has 108 valence electrons. The molecule has 2 aromatic rings. The van der Waals surface area contributed by atoms with Crippen molar-refractivity contribution in [1.29, 1.82) is 0 Å². The van der Waals surface area contributed by atoms with E-state index in [1.807, 2.05) is 43.9 Å². The number of nitrogens with one attached hydrogen (secondary N) is 1. The maximum Gasteiger partial charge on any atom is 0.235 e. The second-order valence-electron chi connectivity index (χ2n) is 4.47. The summed E-state index contributed by atoms with van der Waals surface area (Å²) in [5, 5.41) is 1.26. The predicted octanol–water partition coefficient (Wildman–Crippen LogP) is 3.57. The van der Waals surface area contributed by atoms with Gasteiger partial charge in [-0.1, -0.05) is 23.4 Å². The van der Waals surface area contributed by atoms with E-state index in [2.05, 4.69) is 9.97 Å². The van der Waals surface area contributed by atoms with Crippen molar-refractivity contribution < 1.29 is 4.79 Å². The Kier molecular flexibility index (Phi) is 4.94. The zero-order valence-corrected chi connectivity index (χ0v) is 13.4. The highest BCUT2D eigenvalue weighted by molar-refractivity contribution is 8.00. The van der Waals surface area contributed by atoms with Crippen LogP contribution in [0.3, 0.4) is 0 Å². The number of carbonyl (C=O) groups is 1. The molecule has 1 amide bonds. The van der Waals surface area contributed by atoms with E-state index in [9.17, 15) is 4.79 Å². The van der Waals surface area contributed by atoms with Gasteiger partial charge in [-0.2, -0.15) is 0 Å². The van der Waals surface area contributed by atoms with Gasteiger partial charge in [0, 0.05) is 18.1 Å². The molecule has 6 heteroatoms. The summed E-state index contributed by atoms with van der Waals surface area (Å²) in [5.41, 5.74) is 1.75. The molecule has 2 rings (SSSR count). The second-order valence-corrected chi connectivity index (χ2v) is 6.24. The van der Waals surface area contributed by atoms with E-state index in [0.717, 1.165) is 29.3 Å². The third-order valence-electron chi connectivity index (χ3n) is 3.13. The Morgan fingerprint density at radius 3 is 2.80 bits per heavy atom. The van der Waals surface area contributed by atoms with E-state index in [-0.39, 0.29) is 11.2 Å². The molecule has 1 atom stereocenters. The molecule has 0 saturated carbocycles. The SMILES string of the molecule is CCN(CC)C(=O)C(C)Sc1nc2ccc(Cl)cc2[nH]1. The molecule has 0 saturated heterocycles. The summed E-state index contributed by atoms with van der Waals surface area (Å²) < 4.78 is 0. The molecule has 4 nitrogen and oxygen atoms in total. The van der Waals surface area contributed by atoms with Crippen LogP contribution in [-0.2, 0) is 4.79 Å². The van der Waals surface area contributed by atoms with Gasteiger partial charge in [0.1, 0.15) is 0 Å². The second kappa shape index (κ2) is 6.50. The van der Waals surface area contributed by atoms with E-state index in [0.29, 0.717) is 5.02 Å². The molecule has 0 bridgehead atoms. The summed E-state index contributed by atoms with van der Waals surface area (Å²) >= 11 is 7.39. The van der Waals surface area contributed by atoms with Gasteiger partial charge in [-0.15, -0.1) is 0 Å². The lowest BCUT2D eigenvalue weighted by molar-refractivity contribution is -0.129. The Balaban J connectivity index is 2.13. The third kappa shape index (κ3) is 3.27. The van der Waals surface area contributed by atoms with Gasteiger partial charge in [-0.05, 0) is 39.0 Å². The topological polar surface area (TPSA) is 49.0 Å². The summed E-state index contributed by atoms with van der Waals surface area (Å²) in [5.74, 6) is 0.137. The average molecular weight is 312 g/mol. The molecular formula is C14H18ClN3OS. The van der Waals surface area contributed by atoms with Crippen molar-refractivity contribution in [3.8, 4) is 0 Å². The molecule has 0 radical (unpaired) electrons. The monoisotopic (exact) mass is 311 g/mol. The number of aromatic amines is 1.